The van der Waals surface area contributed by atoms with Crippen LogP contribution in [-0.4, -0.2) is 41.0 Å². The van der Waals surface area contributed by atoms with Gasteiger partial charge in [-0.25, -0.2) is 4.79 Å². The molecular formula is C18H22N4O3. The fourth-order valence-corrected chi connectivity index (χ4v) is 2.90. The number of carbonyl (C=O) groups excluding carboxylic acids is 2. The number of amides is 2. The van der Waals surface area contributed by atoms with E-state index in [9.17, 15) is 9.59 Å². The minimum Gasteiger partial charge on any atom is -0.442 e. The molecule has 0 radical (unpaired) electrons. The Kier molecular flexibility index (Phi) is 5.02. The maximum atomic E-state index is 12.1. The number of ether oxygens (including phenoxy) is 1. The number of aromatic nitrogens is 2. The Morgan fingerprint density at radius 1 is 1.36 bits per heavy atom. The summed E-state index contributed by atoms with van der Waals surface area (Å²) < 4.78 is 6.93. The molecule has 0 aliphatic carbocycles. The van der Waals surface area contributed by atoms with Crippen molar-refractivity contribution < 1.29 is 14.3 Å². The Bertz CT molecular complexity index is 771. The lowest BCUT2D eigenvalue weighted by molar-refractivity contribution is -0.121. The third-order valence-electron chi connectivity index (χ3n) is 4.36. The fourth-order valence-electron chi connectivity index (χ4n) is 2.90. The highest BCUT2D eigenvalue weighted by Crippen LogP contribution is 2.20. The first kappa shape index (κ1) is 17.0. The summed E-state index contributed by atoms with van der Waals surface area (Å²) in [5.74, 6) is 0.636. The standard InChI is InChI=1S/C18H22N4O3/c1-13-5-3-4-6-14(13)7-8-16(23)19-11-15-12-22(18(24)25-15)17-9-10-20-21(17)2/h3-6,9-10,15H,7-8,11-12H2,1-2H3,(H,19,23). The Morgan fingerprint density at radius 3 is 2.88 bits per heavy atom. The van der Waals surface area contributed by atoms with Crippen molar-refractivity contribution in [2.75, 3.05) is 18.0 Å². The topological polar surface area (TPSA) is 76.5 Å². The average molecular weight is 342 g/mol. The van der Waals surface area contributed by atoms with Gasteiger partial charge in [0, 0.05) is 19.5 Å². The summed E-state index contributed by atoms with van der Waals surface area (Å²) in [6, 6.07) is 9.79. The zero-order valence-electron chi connectivity index (χ0n) is 14.4. The van der Waals surface area contributed by atoms with E-state index in [-0.39, 0.29) is 12.0 Å². The summed E-state index contributed by atoms with van der Waals surface area (Å²) in [7, 11) is 1.77. The van der Waals surface area contributed by atoms with Crippen molar-refractivity contribution in [1.29, 1.82) is 0 Å². The Labute approximate surface area is 146 Å². The molecule has 1 aromatic carbocycles. The number of nitrogens with zero attached hydrogens (tertiary/aromatic N) is 3. The smallest absolute Gasteiger partial charge is 0.416 e. The van der Waals surface area contributed by atoms with Gasteiger partial charge in [0.05, 0.1) is 19.3 Å². The van der Waals surface area contributed by atoms with Gasteiger partial charge in [-0.3, -0.25) is 14.4 Å². The lowest BCUT2D eigenvalue weighted by atomic mass is 10.0. The molecule has 2 heterocycles. The number of carbonyl (C=O) groups is 2. The second-order valence-electron chi connectivity index (χ2n) is 6.16. The van der Waals surface area contributed by atoms with Gasteiger partial charge in [-0.2, -0.15) is 5.10 Å². The van der Waals surface area contributed by atoms with Crippen LogP contribution in [0, 0.1) is 6.92 Å². The first-order valence-electron chi connectivity index (χ1n) is 8.32. The van der Waals surface area contributed by atoms with Crippen molar-refractivity contribution in [2.24, 2.45) is 7.05 Å². The van der Waals surface area contributed by atoms with E-state index in [1.165, 1.54) is 16.0 Å². The summed E-state index contributed by atoms with van der Waals surface area (Å²) in [6.45, 7) is 2.75. The molecule has 1 fully saturated rings. The third-order valence-corrected chi connectivity index (χ3v) is 4.36. The van der Waals surface area contributed by atoms with Gasteiger partial charge in [-0.1, -0.05) is 24.3 Å². The van der Waals surface area contributed by atoms with Crippen LogP contribution >= 0.6 is 0 Å². The van der Waals surface area contributed by atoms with Crippen LogP contribution in [0.5, 0.6) is 0 Å². The number of cyclic esters (lactones) is 1. The highest BCUT2D eigenvalue weighted by atomic mass is 16.6. The Morgan fingerprint density at radius 2 is 2.16 bits per heavy atom. The van der Waals surface area contributed by atoms with E-state index in [4.69, 9.17) is 4.74 Å². The van der Waals surface area contributed by atoms with Gasteiger partial charge in [0.1, 0.15) is 11.9 Å². The third kappa shape index (κ3) is 3.99. The number of hydrogen-bond donors (Lipinski definition) is 1. The number of aryl methyl sites for hydroxylation is 3. The molecule has 7 nitrogen and oxygen atoms in total. The highest BCUT2D eigenvalue weighted by molar-refractivity contribution is 5.88. The van der Waals surface area contributed by atoms with Crippen LogP contribution in [0.2, 0.25) is 0 Å². The number of hydrogen-bond acceptors (Lipinski definition) is 4. The molecule has 1 unspecified atom stereocenters. The van der Waals surface area contributed by atoms with Crippen LogP contribution in [0.25, 0.3) is 0 Å². The minimum atomic E-state index is -0.414. The molecule has 132 valence electrons. The van der Waals surface area contributed by atoms with Crippen molar-refractivity contribution in [3.05, 3.63) is 47.7 Å². The van der Waals surface area contributed by atoms with Crippen molar-refractivity contribution in [3.63, 3.8) is 0 Å². The monoisotopic (exact) mass is 342 g/mol. The normalized spacial score (nSPS) is 16.8. The summed E-state index contributed by atoms with van der Waals surface area (Å²) in [5.41, 5.74) is 2.36. The first-order valence-corrected chi connectivity index (χ1v) is 8.32. The number of benzene rings is 1. The van der Waals surface area contributed by atoms with E-state index in [0.717, 1.165) is 0 Å². The van der Waals surface area contributed by atoms with Crippen LogP contribution < -0.4 is 10.2 Å². The van der Waals surface area contributed by atoms with Crippen molar-refractivity contribution >= 4 is 17.8 Å². The van der Waals surface area contributed by atoms with E-state index in [2.05, 4.69) is 10.4 Å². The summed E-state index contributed by atoms with van der Waals surface area (Å²) in [4.78, 5) is 25.6. The molecule has 1 aliphatic rings. The Balaban J connectivity index is 1.46. The number of rotatable bonds is 6. The highest BCUT2D eigenvalue weighted by Gasteiger charge is 2.33. The van der Waals surface area contributed by atoms with Gasteiger partial charge < -0.3 is 10.1 Å². The fraction of sp³-hybridized carbons (Fsp3) is 0.389. The molecule has 25 heavy (non-hydrogen) atoms. The summed E-state index contributed by atoms with van der Waals surface area (Å²) in [5, 5.41) is 6.90. The SMILES string of the molecule is Cc1ccccc1CCC(=O)NCC1CN(c2ccnn2C)C(=O)O1. The second-order valence-corrected chi connectivity index (χ2v) is 6.16. The van der Waals surface area contributed by atoms with Crippen LogP contribution in [0.4, 0.5) is 10.6 Å². The number of nitrogens with one attached hydrogen (secondary N) is 1. The molecule has 7 heteroatoms. The lowest BCUT2D eigenvalue weighted by Crippen LogP contribution is -2.35. The van der Waals surface area contributed by atoms with Gasteiger partial charge >= 0.3 is 6.09 Å². The molecule has 1 N–H and O–H groups in total. The maximum Gasteiger partial charge on any atom is 0.416 e. The molecule has 2 aromatic rings. The van der Waals surface area contributed by atoms with Gasteiger partial charge in [-0.15, -0.1) is 0 Å². The van der Waals surface area contributed by atoms with Gasteiger partial charge in [0.2, 0.25) is 5.91 Å². The largest absolute Gasteiger partial charge is 0.442 e. The predicted molar refractivity (Wildman–Crippen MR) is 93.3 cm³/mol. The second kappa shape index (κ2) is 7.38. The van der Waals surface area contributed by atoms with E-state index in [1.807, 2.05) is 31.2 Å². The lowest BCUT2D eigenvalue weighted by Gasteiger charge is -2.12. The van der Waals surface area contributed by atoms with Gasteiger partial charge in [0.15, 0.2) is 0 Å². The first-order chi connectivity index (χ1) is 12.0. The average Bonchev–Trinajstić information content (AvgIpc) is 3.17. The molecule has 1 aromatic heterocycles. The number of anilines is 1. The van der Waals surface area contributed by atoms with E-state index in [1.54, 1.807) is 24.0 Å². The molecule has 0 saturated carbocycles. The molecular weight excluding hydrogens is 320 g/mol. The Hall–Kier alpha value is -2.83. The zero-order valence-corrected chi connectivity index (χ0v) is 14.4. The van der Waals surface area contributed by atoms with Crippen molar-refractivity contribution in [1.82, 2.24) is 15.1 Å². The molecule has 0 spiro atoms. The maximum absolute atomic E-state index is 12.1. The molecule has 1 aliphatic heterocycles. The van der Waals surface area contributed by atoms with Crippen LogP contribution in [0.1, 0.15) is 17.5 Å². The predicted octanol–water partition coefficient (Wildman–Crippen LogP) is 1.80. The van der Waals surface area contributed by atoms with Crippen LogP contribution in [-0.2, 0) is 23.0 Å². The van der Waals surface area contributed by atoms with Crippen LogP contribution in [0.15, 0.2) is 36.5 Å². The molecule has 1 saturated heterocycles. The van der Waals surface area contributed by atoms with Gasteiger partial charge in [0.25, 0.3) is 0 Å². The minimum absolute atomic E-state index is 0.0433. The zero-order chi connectivity index (χ0) is 17.8. The molecule has 3 rings (SSSR count). The van der Waals surface area contributed by atoms with E-state index in [0.29, 0.717) is 31.7 Å². The summed E-state index contributed by atoms with van der Waals surface area (Å²) >= 11 is 0. The van der Waals surface area contributed by atoms with Gasteiger partial charge in [-0.05, 0) is 24.5 Å². The molecule has 2 amide bonds. The molecule has 0 bridgehead atoms. The van der Waals surface area contributed by atoms with Crippen molar-refractivity contribution in [3.8, 4) is 0 Å². The van der Waals surface area contributed by atoms with E-state index >= 15 is 0 Å². The molecule has 1 atom stereocenters. The van der Waals surface area contributed by atoms with Crippen LogP contribution in [0.3, 0.4) is 0 Å². The summed E-state index contributed by atoms with van der Waals surface area (Å²) in [6.07, 6.45) is 1.97. The van der Waals surface area contributed by atoms with E-state index < -0.39 is 6.09 Å². The quantitative estimate of drug-likeness (QED) is 0.868. The van der Waals surface area contributed by atoms with Crippen molar-refractivity contribution in [2.45, 2.75) is 25.9 Å².